The number of hydroxylamine groups is 1. The van der Waals surface area contributed by atoms with Gasteiger partial charge in [0.2, 0.25) is 0 Å². The number of carbonyl (C=O) groups is 1. The van der Waals surface area contributed by atoms with Gasteiger partial charge in [-0.2, -0.15) is 0 Å². The van der Waals surface area contributed by atoms with Crippen LogP contribution in [0.15, 0.2) is 54.6 Å². The molecule has 0 aliphatic carbocycles. The van der Waals surface area contributed by atoms with Gasteiger partial charge in [-0.25, -0.2) is 9.86 Å². The summed E-state index contributed by atoms with van der Waals surface area (Å²) in [6.45, 7) is 6.87. The zero-order chi connectivity index (χ0) is 16.7. The smallest absolute Gasteiger partial charge is 0.321 e. The Morgan fingerprint density at radius 3 is 2.39 bits per heavy atom. The summed E-state index contributed by atoms with van der Waals surface area (Å²) in [6.07, 6.45) is 0.544. The minimum absolute atomic E-state index is 0.404. The van der Waals surface area contributed by atoms with Crippen LogP contribution in [0.25, 0.3) is 0 Å². The maximum Gasteiger partial charge on any atom is 0.436 e. The van der Waals surface area contributed by atoms with Crippen LogP contribution >= 0.6 is 0 Å². The first-order valence-electron chi connectivity index (χ1n) is 8.06. The molecule has 0 aromatic heterocycles. The quantitative estimate of drug-likeness (QED) is 0.746. The van der Waals surface area contributed by atoms with Crippen molar-refractivity contribution >= 4 is 17.5 Å². The fraction of sp³-hybridized carbons (Fsp3) is 0.316. The van der Waals surface area contributed by atoms with E-state index in [1.54, 1.807) is 5.06 Å². The van der Waals surface area contributed by atoms with Crippen molar-refractivity contribution in [2.24, 2.45) is 0 Å². The highest BCUT2D eigenvalue weighted by Crippen LogP contribution is 2.29. The highest BCUT2D eigenvalue weighted by atomic mass is 16.7. The summed E-state index contributed by atoms with van der Waals surface area (Å²) < 4.78 is 0. The van der Waals surface area contributed by atoms with Crippen LogP contribution in [0, 0.1) is 0 Å². The van der Waals surface area contributed by atoms with Crippen LogP contribution in [-0.4, -0.2) is 12.6 Å². The highest BCUT2D eigenvalue weighted by molar-refractivity contribution is 5.85. The van der Waals surface area contributed by atoms with E-state index in [0.717, 1.165) is 12.1 Å². The summed E-state index contributed by atoms with van der Waals surface area (Å²) in [4.78, 5) is 17.6. The lowest BCUT2D eigenvalue weighted by molar-refractivity contribution is 0.149. The molecular weight excluding hydrogens is 288 g/mol. The van der Waals surface area contributed by atoms with Gasteiger partial charge in [0.15, 0.2) is 0 Å². The van der Waals surface area contributed by atoms with Gasteiger partial charge < -0.3 is 4.84 Å². The Bertz CT molecular complexity index is 628. The summed E-state index contributed by atoms with van der Waals surface area (Å²) in [7, 11) is 0. The summed E-state index contributed by atoms with van der Waals surface area (Å²) in [5.41, 5.74) is 2.83. The van der Waals surface area contributed by atoms with Crippen molar-refractivity contribution in [3.8, 4) is 0 Å². The van der Waals surface area contributed by atoms with E-state index in [1.807, 2.05) is 55.5 Å². The number of carbonyl (C=O) groups excluding carboxylic acids is 1. The number of rotatable bonds is 6. The van der Waals surface area contributed by atoms with Gasteiger partial charge in [0.25, 0.3) is 0 Å². The van der Waals surface area contributed by atoms with Crippen LogP contribution < -0.4 is 10.4 Å². The minimum atomic E-state index is -0.489. The molecule has 1 amide bonds. The second-order valence-corrected chi connectivity index (χ2v) is 5.43. The third-order valence-corrected chi connectivity index (χ3v) is 3.85. The number of hydrogen-bond donors (Lipinski definition) is 1. The van der Waals surface area contributed by atoms with Crippen LogP contribution in [-0.2, 0) is 4.84 Å². The number of hydrogen-bond acceptors (Lipinski definition) is 3. The summed E-state index contributed by atoms with van der Waals surface area (Å²) in [5.74, 6) is 0.404. The predicted octanol–water partition coefficient (Wildman–Crippen LogP) is 5.19. The van der Waals surface area contributed by atoms with Gasteiger partial charge in [0, 0.05) is 5.69 Å². The maximum absolute atomic E-state index is 12.1. The van der Waals surface area contributed by atoms with Crippen molar-refractivity contribution in [3.63, 3.8) is 0 Å². The van der Waals surface area contributed by atoms with Crippen LogP contribution in [0.2, 0.25) is 0 Å². The Hall–Kier alpha value is -2.49. The van der Waals surface area contributed by atoms with Gasteiger partial charge in [-0.05, 0) is 43.0 Å². The van der Waals surface area contributed by atoms with E-state index in [9.17, 15) is 4.79 Å². The Morgan fingerprint density at radius 2 is 1.74 bits per heavy atom. The van der Waals surface area contributed by atoms with E-state index in [0.29, 0.717) is 18.2 Å². The maximum atomic E-state index is 12.1. The second kappa shape index (κ2) is 8.22. The number of anilines is 2. The number of nitrogens with zero attached hydrogens (tertiary/aromatic N) is 1. The Balaban J connectivity index is 2.12. The molecular formula is C19H24N2O2. The molecule has 4 heteroatoms. The lowest BCUT2D eigenvalue weighted by atomic mass is 9.97. The van der Waals surface area contributed by atoms with Crippen LogP contribution in [0.1, 0.15) is 38.7 Å². The molecule has 1 atom stereocenters. The molecule has 1 N–H and O–H groups in total. The van der Waals surface area contributed by atoms with Crippen molar-refractivity contribution in [2.45, 2.75) is 33.1 Å². The van der Waals surface area contributed by atoms with Crippen molar-refractivity contribution < 1.29 is 9.63 Å². The molecule has 0 bridgehead atoms. The Morgan fingerprint density at radius 1 is 1.09 bits per heavy atom. The van der Waals surface area contributed by atoms with Gasteiger partial charge >= 0.3 is 6.09 Å². The van der Waals surface area contributed by atoms with E-state index >= 15 is 0 Å². The fourth-order valence-corrected chi connectivity index (χ4v) is 2.40. The average molecular weight is 312 g/mol. The third-order valence-electron chi connectivity index (χ3n) is 3.85. The lowest BCUT2D eigenvalue weighted by Gasteiger charge is -2.25. The second-order valence-electron chi connectivity index (χ2n) is 5.43. The molecule has 0 heterocycles. The molecule has 0 aliphatic heterocycles. The number of amides is 1. The van der Waals surface area contributed by atoms with Crippen molar-refractivity contribution in [3.05, 3.63) is 60.2 Å². The van der Waals surface area contributed by atoms with Gasteiger partial charge in [-0.3, -0.25) is 5.32 Å². The first kappa shape index (κ1) is 16.9. The van der Waals surface area contributed by atoms with Crippen molar-refractivity contribution in [1.29, 1.82) is 0 Å². The molecule has 0 aliphatic rings. The lowest BCUT2D eigenvalue weighted by Crippen LogP contribution is -2.30. The first-order valence-corrected chi connectivity index (χ1v) is 8.06. The topological polar surface area (TPSA) is 41.6 Å². The zero-order valence-electron chi connectivity index (χ0n) is 14.0. The van der Waals surface area contributed by atoms with Crippen molar-refractivity contribution in [1.82, 2.24) is 0 Å². The fourth-order valence-electron chi connectivity index (χ4n) is 2.40. The van der Waals surface area contributed by atoms with E-state index in [1.165, 1.54) is 5.56 Å². The van der Waals surface area contributed by atoms with Crippen molar-refractivity contribution in [2.75, 3.05) is 16.9 Å². The largest absolute Gasteiger partial charge is 0.436 e. The molecule has 0 radical (unpaired) electrons. The number of nitrogens with one attached hydrogen (secondary N) is 1. The summed E-state index contributed by atoms with van der Waals surface area (Å²) in [6, 6.07) is 17.3. The molecule has 0 saturated carbocycles. The molecule has 1 unspecified atom stereocenters. The normalized spacial score (nSPS) is 11.6. The van der Waals surface area contributed by atoms with Crippen LogP contribution in [0.3, 0.4) is 0 Å². The van der Waals surface area contributed by atoms with E-state index in [-0.39, 0.29) is 0 Å². The monoisotopic (exact) mass is 312 g/mol. The summed E-state index contributed by atoms with van der Waals surface area (Å²) >= 11 is 0. The molecule has 122 valence electrons. The molecule has 4 nitrogen and oxygen atoms in total. The van der Waals surface area contributed by atoms with Crippen LogP contribution in [0.4, 0.5) is 16.2 Å². The third kappa shape index (κ3) is 4.49. The van der Waals surface area contributed by atoms with Crippen LogP contribution in [0.5, 0.6) is 0 Å². The number of para-hydroxylation sites is 2. The SMILES string of the molecule is CCC(C)c1ccccc1N(CC)OC(=O)Nc1ccccc1. The van der Waals surface area contributed by atoms with E-state index in [4.69, 9.17) is 4.84 Å². The van der Waals surface area contributed by atoms with Gasteiger partial charge in [-0.15, -0.1) is 0 Å². The Kier molecular flexibility index (Phi) is 6.03. The number of benzene rings is 2. The molecule has 23 heavy (non-hydrogen) atoms. The van der Waals surface area contributed by atoms with E-state index < -0.39 is 6.09 Å². The van der Waals surface area contributed by atoms with Gasteiger partial charge in [0.1, 0.15) is 0 Å². The highest BCUT2D eigenvalue weighted by Gasteiger charge is 2.17. The van der Waals surface area contributed by atoms with Gasteiger partial charge in [-0.1, -0.05) is 50.2 Å². The Labute approximate surface area is 138 Å². The molecule has 2 rings (SSSR count). The standard InChI is InChI=1S/C19H24N2O2/c1-4-15(3)17-13-9-10-14-18(17)21(5-2)23-19(22)20-16-11-7-6-8-12-16/h6-15H,4-5H2,1-3H3,(H,20,22). The van der Waals surface area contributed by atoms with E-state index in [2.05, 4.69) is 25.2 Å². The predicted molar refractivity (Wildman–Crippen MR) is 94.7 cm³/mol. The molecule has 0 spiro atoms. The summed E-state index contributed by atoms with van der Waals surface area (Å²) in [5, 5.41) is 4.37. The zero-order valence-corrected chi connectivity index (χ0v) is 14.0. The minimum Gasteiger partial charge on any atom is -0.321 e. The average Bonchev–Trinajstić information content (AvgIpc) is 2.60. The molecule has 2 aromatic carbocycles. The molecule has 0 saturated heterocycles. The molecule has 2 aromatic rings. The first-order chi connectivity index (χ1) is 11.2. The molecule has 0 fully saturated rings. The van der Waals surface area contributed by atoms with Gasteiger partial charge in [0.05, 0.1) is 12.2 Å².